The highest BCUT2D eigenvalue weighted by Crippen LogP contribution is 2.18. The molecule has 0 bridgehead atoms. The zero-order chi connectivity index (χ0) is 53.6. The number of esters is 1. The molecule has 2 atom stereocenters. The van der Waals surface area contributed by atoms with E-state index in [4.69, 9.17) is 4.74 Å². The van der Waals surface area contributed by atoms with E-state index in [2.05, 4.69) is 43.5 Å². The van der Waals surface area contributed by atoms with Crippen molar-refractivity contribution in [2.75, 3.05) is 13.2 Å². The maximum absolute atomic E-state index is 12.5. The standard InChI is InChI=1S/C68H131NO5/c1-3-5-7-9-11-13-15-17-18-30-33-37-40-44-48-52-56-60-66(71)65(64-70)69-67(72)61-57-53-49-45-41-38-34-31-28-26-24-22-20-19-21-23-25-27-29-32-35-39-43-47-51-55-59-63-74-68(73)62-58-54-50-46-42-36-16-14-12-10-8-6-4-2/h19-20,23,25,65-66,70-71H,3-18,21-22,24,26-64H2,1-2H3,(H,69,72)/b20-19-,25-23-. The van der Waals surface area contributed by atoms with Gasteiger partial charge >= 0.3 is 5.97 Å². The second kappa shape index (κ2) is 63.9. The van der Waals surface area contributed by atoms with Crippen LogP contribution < -0.4 is 5.32 Å². The second-order valence-electron chi connectivity index (χ2n) is 23.2. The molecule has 0 spiro atoms. The topological polar surface area (TPSA) is 95.9 Å². The van der Waals surface area contributed by atoms with E-state index in [1.807, 2.05) is 0 Å². The van der Waals surface area contributed by atoms with Crippen LogP contribution in [-0.2, 0) is 14.3 Å². The first-order valence-electron chi connectivity index (χ1n) is 33.6. The lowest BCUT2D eigenvalue weighted by atomic mass is 10.0. The van der Waals surface area contributed by atoms with Crippen LogP contribution in [0.25, 0.3) is 0 Å². The van der Waals surface area contributed by atoms with Crippen LogP contribution in [0.4, 0.5) is 0 Å². The van der Waals surface area contributed by atoms with Crippen LogP contribution in [-0.4, -0.2) is 47.4 Å². The first kappa shape index (κ1) is 72.3. The normalized spacial score (nSPS) is 12.6. The molecule has 438 valence electrons. The van der Waals surface area contributed by atoms with Crippen molar-refractivity contribution < 1.29 is 24.5 Å². The molecule has 3 N–H and O–H groups in total. The first-order valence-corrected chi connectivity index (χ1v) is 33.6. The summed E-state index contributed by atoms with van der Waals surface area (Å²) < 4.78 is 5.48. The van der Waals surface area contributed by atoms with Gasteiger partial charge in [0, 0.05) is 12.8 Å². The molecule has 1 amide bonds. The van der Waals surface area contributed by atoms with E-state index in [9.17, 15) is 19.8 Å². The molecule has 0 aromatic rings. The van der Waals surface area contributed by atoms with Gasteiger partial charge in [-0.25, -0.2) is 0 Å². The van der Waals surface area contributed by atoms with Gasteiger partial charge in [-0.1, -0.05) is 327 Å². The quantitative estimate of drug-likeness (QED) is 0.0320. The molecular weight excluding hydrogens is 911 g/mol. The summed E-state index contributed by atoms with van der Waals surface area (Å²) in [4.78, 5) is 24.5. The van der Waals surface area contributed by atoms with Crippen molar-refractivity contribution in [3.63, 3.8) is 0 Å². The van der Waals surface area contributed by atoms with Gasteiger partial charge in [0.1, 0.15) is 0 Å². The van der Waals surface area contributed by atoms with E-state index in [0.717, 1.165) is 44.9 Å². The monoisotopic (exact) mass is 1040 g/mol. The van der Waals surface area contributed by atoms with Crippen LogP contribution in [0.5, 0.6) is 0 Å². The van der Waals surface area contributed by atoms with E-state index in [1.54, 1.807) is 0 Å². The maximum atomic E-state index is 12.5. The smallest absolute Gasteiger partial charge is 0.305 e. The second-order valence-corrected chi connectivity index (χ2v) is 23.2. The number of nitrogens with one attached hydrogen (secondary N) is 1. The van der Waals surface area contributed by atoms with Gasteiger partial charge in [-0.2, -0.15) is 0 Å². The van der Waals surface area contributed by atoms with Gasteiger partial charge < -0.3 is 20.3 Å². The molecule has 0 aliphatic rings. The van der Waals surface area contributed by atoms with E-state index in [-0.39, 0.29) is 18.5 Å². The molecule has 6 heteroatoms. The van der Waals surface area contributed by atoms with Crippen molar-refractivity contribution in [3.8, 4) is 0 Å². The van der Waals surface area contributed by atoms with Crippen LogP contribution in [0, 0.1) is 0 Å². The van der Waals surface area contributed by atoms with Gasteiger partial charge in [-0.05, 0) is 57.8 Å². The average molecular weight is 1040 g/mol. The third-order valence-electron chi connectivity index (χ3n) is 15.8. The van der Waals surface area contributed by atoms with E-state index in [1.165, 1.54) is 295 Å². The highest BCUT2D eigenvalue weighted by molar-refractivity contribution is 5.76. The lowest BCUT2D eigenvalue weighted by Crippen LogP contribution is -2.45. The molecule has 0 rings (SSSR count). The Hall–Kier alpha value is -1.66. The molecule has 0 saturated carbocycles. The van der Waals surface area contributed by atoms with Crippen molar-refractivity contribution >= 4 is 11.9 Å². The minimum atomic E-state index is -0.666. The fraction of sp³-hybridized carbons (Fsp3) is 0.912. The van der Waals surface area contributed by atoms with E-state index in [0.29, 0.717) is 25.9 Å². The summed E-state index contributed by atoms with van der Waals surface area (Å²) in [6, 6.07) is -0.544. The van der Waals surface area contributed by atoms with Gasteiger partial charge in [-0.3, -0.25) is 9.59 Å². The first-order chi connectivity index (χ1) is 36.5. The minimum absolute atomic E-state index is 0.0127. The summed E-state index contributed by atoms with van der Waals surface area (Å²) in [6.45, 7) is 4.98. The molecular formula is C68H131NO5. The molecule has 0 fully saturated rings. The van der Waals surface area contributed by atoms with Crippen LogP contribution >= 0.6 is 0 Å². The summed E-state index contributed by atoms with van der Waals surface area (Å²) in [5.74, 6) is -0.0223. The molecule has 0 saturated heterocycles. The van der Waals surface area contributed by atoms with Gasteiger partial charge in [0.2, 0.25) is 5.91 Å². The van der Waals surface area contributed by atoms with Gasteiger partial charge in [-0.15, -0.1) is 0 Å². The highest BCUT2D eigenvalue weighted by Gasteiger charge is 2.20. The number of amides is 1. The lowest BCUT2D eigenvalue weighted by molar-refractivity contribution is -0.143. The Morgan fingerprint density at radius 1 is 0.378 bits per heavy atom. The Morgan fingerprint density at radius 3 is 1.03 bits per heavy atom. The third kappa shape index (κ3) is 59.6. The van der Waals surface area contributed by atoms with Crippen molar-refractivity contribution in [2.24, 2.45) is 0 Å². The third-order valence-corrected chi connectivity index (χ3v) is 15.8. The van der Waals surface area contributed by atoms with Crippen molar-refractivity contribution in [2.45, 2.75) is 386 Å². The number of allylic oxidation sites excluding steroid dienone is 4. The Labute approximate surface area is 462 Å². The Morgan fingerprint density at radius 2 is 0.676 bits per heavy atom. The number of carbonyl (C=O) groups is 2. The SMILES string of the molecule is CCCCCCCCCCCCCCCCCCCC(O)C(CO)NC(=O)CCCCCCCCCCCCC/C=C\C/C=C\CCCCCCCCCCCOC(=O)CCCCCCCCCCCCCCC. The molecule has 0 aromatic heterocycles. The number of hydrogen-bond donors (Lipinski definition) is 3. The maximum Gasteiger partial charge on any atom is 0.305 e. The molecule has 6 nitrogen and oxygen atoms in total. The summed E-state index contributed by atoms with van der Waals surface area (Å²) in [5.41, 5.74) is 0. The Bertz CT molecular complexity index is 1150. The minimum Gasteiger partial charge on any atom is -0.466 e. The zero-order valence-corrected chi connectivity index (χ0v) is 50.1. The average Bonchev–Trinajstić information content (AvgIpc) is 3.40. The van der Waals surface area contributed by atoms with Crippen molar-refractivity contribution in [1.29, 1.82) is 0 Å². The number of ether oxygens (including phenoxy) is 1. The number of aliphatic hydroxyl groups excluding tert-OH is 2. The molecule has 0 aliphatic heterocycles. The summed E-state index contributed by atoms with van der Waals surface area (Å²) in [6.07, 6.45) is 79.2. The van der Waals surface area contributed by atoms with Crippen molar-refractivity contribution in [3.05, 3.63) is 24.3 Å². The fourth-order valence-electron chi connectivity index (χ4n) is 10.6. The molecule has 2 unspecified atom stereocenters. The number of carbonyl (C=O) groups excluding carboxylic acids is 2. The molecule has 0 radical (unpaired) electrons. The van der Waals surface area contributed by atoms with Crippen molar-refractivity contribution in [1.82, 2.24) is 5.32 Å². The molecule has 0 heterocycles. The summed E-state index contributed by atoms with van der Waals surface area (Å²) in [7, 11) is 0. The number of aliphatic hydroxyl groups is 2. The molecule has 74 heavy (non-hydrogen) atoms. The van der Waals surface area contributed by atoms with E-state index < -0.39 is 12.1 Å². The molecule has 0 aliphatic carbocycles. The largest absolute Gasteiger partial charge is 0.466 e. The zero-order valence-electron chi connectivity index (χ0n) is 50.1. The fourth-order valence-corrected chi connectivity index (χ4v) is 10.6. The van der Waals surface area contributed by atoms with E-state index >= 15 is 0 Å². The van der Waals surface area contributed by atoms with Crippen LogP contribution in [0.15, 0.2) is 24.3 Å². The summed E-state index contributed by atoms with van der Waals surface area (Å²) in [5, 5.41) is 23.3. The van der Waals surface area contributed by atoms with Gasteiger partial charge in [0.25, 0.3) is 0 Å². The Kier molecular flexibility index (Phi) is 62.4. The predicted octanol–water partition coefficient (Wildman–Crippen LogP) is 21.4. The summed E-state index contributed by atoms with van der Waals surface area (Å²) >= 11 is 0. The predicted molar refractivity (Wildman–Crippen MR) is 324 cm³/mol. The van der Waals surface area contributed by atoms with Crippen LogP contribution in [0.1, 0.15) is 373 Å². The van der Waals surface area contributed by atoms with Crippen LogP contribution in [0.3, 0.4) is 0 Å². The lowest BCUT2D eigenvalue weighted by Gasteiger charge is -2.22. The number of unbranched alkanes of at least 4 members (excludes halogenated alkanes) is 48. The van der Waals surface area contributed by atoms with Crippen LogP contribution in [0.2, 0.25) is 0 Å². The highest BCUT2D eigenvalue weighted by atomic mass is 16.5. The molecule has 0 aromatic carbocycles. The van der Waals surface area contributed by atoms with Gasteiger partial charge in [0.05, 0.1) is 25.4 Å². The number of rotatable bonds is 63. The number of hydrogen-bond acceptors (Lipinski definition) is 5. The Balaban J connectivity index is 3.41. The van der Waals surface area contributed by atoms with Gasteiger partial charge in [0.15, 0.2) is 0 Å².